The van der Waals surface area contributed by atoms with Crippen LogP contribution in [0.25, 0.3) is 11.3 Å². The highest BCUT2D eigenvalue weighted by Gasteiger charge is 2.26. The molecule has 0 saturated carbocycles. The van der Waals surface area contributed by atoms with Crippen LogP contribution < -0.4 is 10.1 Å². The third-order valence-corrected chi connectivity index (χ3v) is 4.80. The minimum atomic E-state index is -0.632. The molecule has 7 nitrogen and oxygen atoms in total. The predicted molar refractivity (Wildman–Crippen MR) is 103 cm³/mol. The molecule has 27 heavy (non-hydrogen) atoms. The second kappa shape index (κ2) is 7.16. The molecule has 4 rings (SSSR count). The van der Waals surface area contributed by atoms with Crippen LogP contribution in [0, 0.1) is 0 Å². The zero-order chi connectivity index (χ0) is 18.8. The van der Waals surface area contributed by atoms with Gasteiger partial charge in [-0.15, -0.1) is 16.8 Å². The summed E-state index contributed by atoms with van der Waals surface area (Å²) in [6.07, 6.45) is 1.13. The fourth-order valence-electron chi connectivity index (χ4n) is 2.70. The highest BCUT2D eigenvalue weighted by molar-refractivity contribution is 7.99. The van der Waals surface area contributed by atoms with Crippen molar-refractivity contribution in [1.82, 2.24) is 15.2 Å². The Bertz CT molecular complexity index is 1010. The fourth-order valence-corrected chi connectivity index (χ4v) is 3.21. The fraction of sp³-hybridized carbons (Fsp3) is 0.105. The number of benzene rings is 2. The van der Waals surface area contributed by atoms with Gasteiger partial charge < -0.3 is 20.3 Å². The topological polar surface area (TPSA) is 100 Å². The zero-order valence-corrected chi connectivity index (χ0v) is 15.0. The first-order chi connectivity index (χ1) is 13.2. The Kier molecular flexibility index (Phi) is 4.55. The number of hydrogen-bond acceptors (Lipinski definition) is 8. The van der Waals surface area contributed by atoms with E-state index in [1.165, 1.54) is 23.9 Å². The number of phenolic OH excluding ortho intramolecular Hbond substituents is 2. The molecule has 0 fully saturated rings. The molecule has 3 N–H and O–H groups in total. The first-order valence-corrected chi connectivity index (χ1v) is 9.17. The van der Waals surface area contributed by atoms with Gasteiger partial charge in [0.25, 0.3) is 0 Å². The van der Waals surface area contributed by atoms with Gasteiger partial charge in [0.1, 0.15) is 0 Å². The van der Waals surface area contributed by atoms with Crippen molar-refractivity contribution >= 4 is 17.4 Å². The van der Waals surface area contributed by atoms with E-state index in [0.29, 0.717) is 28.0 Å². The van der Waals surface area contributed by atoms with Gasteiger partial charge >= 0.3 is 0 Å². The number of nitrogens with one attached hydrogen (secondary N) is 1. The lowest BCUT2D eigenvalue weighted by Crippen LogP contribution is -2.17. The first-order valence-electron chi connectivity index (χ1n) is 8.18. The Labute approximate surface area is 159 Å². The molecule has 1 aliphatic rings. The molecule has 0 saturated heterocycles. The van der Waals surface area contributed by atoms with Crippen molar-refractivity contribution in [2.45, 2.75) is 11.4 Å². The van der Waals surface area contributed by atoms with E-state index in [1.807, 2.05) is 24.3 Å². The molecule has 0 radical (unpaired) electrons. The number of fused-ring (bicyclic) bond motifs is 3. The number of ether oxygens (including phenoxy) is 1. The Morgan fingerprint density at radius 1 is 1.15 bits per heavy atom. The number of aromatic nitrogens is 3. The van der Waals surface area contributed by atoms with Crippen molar-refractivity contribution < 1.29 is 14.9 Å². The van der Waals surface area contributed by atoms with E-state index in [4.69, 9.17) is 4.74 Å². The standard InChI is InChI=1S/C19H16N4O3S/c1-2-9-27-19-21-18-16(22-23-19)12-5-3-4-6-13(12)20-17(26-18)11-7-8-14(24)15(25)10-11/h2-8,10,17,20,24-25H,1,9H2/t17-/m1/s1. The van der Waals surface area contributed by atoms with E-state index >= 15 is 0 Å². The van der Waals surface area contributed by atoms with Crippen LogP contribution in [0.1, 0.15) is 11.8 Å². The number of rotatable bonds is 4. The van der Waals surface area contributed by atoms with Crippen LogP contribution in [0.15, 0.2) is 60.3 Å². The van der Waals surface area contributed by atoms with Crippen molar-refractivity contribution in [1.29, 1.82) is 0 Å². The minimum absolute atomic E-state index is 0.194. The molecule has 0 aliphatic carbocycles. The molecule has 0 bridgehead atoms. The van der Waals surface area contributed by atoms with Crippen molar-refractivity contribution in [3.63, 3.8) is 0 Å². The molecule has 1 aromatic heterocycles. The van der Waals surface area contributed by atoms with Crippen LogP contribution in [0.4, 0.5) is 5.69 Å². The van der Waals surface area contributed by atoms with Crippen molar-refractivity contribution in [2.75, 3.05) is 11.1 Å². The van der Waals surface area contributed by atoms with Crippen molar-refractivity contribution in [3.05, 3.63) is 60.7 Å². The van der Waals surface area contributed by atoms with E-state index in [1.54, 1.807) is 12.1 Å². The zero-order valence-electron chi connectivity index (χ0n) is 14.2. The van der Waals surface area contributed by atoms with Gasteiger partial charge in [-0.3, -0.25) is 0 Å². The summed E-state index contributed by atoms with van der Waals surface area (Å²) < 4.78 is 6.08. The van der Waals surface area contributed by atoms with Crippen LogP contribution in [-0.2, 0) is 0 Å². The van der Waals surface area contributed by atoms with Crippen LogP contribution in [-0.4, -0.2) is 31.1 Å². The monoisotopic (exact) mass is 380 g/mol. The minimum Gasteiger partial charge on any atom is -0.504 e. The van der Waals surface area contributed by atoms with Crippen LogP contribution in [0.3, 0.4) is 0 Å². The van der Waals surface area contributed by atoms with E-state index in [0.717, 1.165) is 11.3 Å². The molecule has 0 spiro atoms. The van der Waals surface area contributed by atoms with E-state index < -0.39 is 6.23 Å². The van der Waals surface area contributed by atoms with Crippen LogP contribution >= 0.6 is 11.8 Å². The summed E-state index contributed by atoms with van der Waals surface area (Å²) in [5.74, 6) is 0.579. The smallest absolute Gasteiger partial charge is 0.247 e. The largest absolute Gasteiger partial charge is 0.504 e. The van der Waals surface area contributed by atoms with E-state index in [2.05, 4.69) is 27.1 Å². The third kappa shape index (κ3) is 3.39. The van der Waals surface area contributed by atoms with Gasteiger partial charge in [-0.05, 0) is 24.3 Å². The lowest BCUT2D eigenvalue weighted by molar-refractivity contribution is 0.224. The summed E-state index contributed by atoms with van der Waals surface area (Å²) in [5.41, 5.74) is 2.79. The predicted octanol–water partition coefficient (Wildman–Crippen LogP) is 3.73. The third-order valence-electron chi connectivity index (χ3n) is 3.97. The van der Waals surface area contributed by atoms with Crippen LogP contribution in [0.5, 0.6) is 17.4 Å². The summed E-state index contributed by atoms with van der Waals surface area (Å²) in [4.78, 5) is 4.49. The normalized spacial score (nSPS) is 14.9. The Balaban J connectivity index is 1.80. The molecule has 136 valence electrons. The summed E-state index contributed by atoms with van der Waals surface area (Å²) in [6.45, 7) is 3.69. The van der Waals surface area contributed by atoms with Crippen molar-refractivity contribution in [2.24, 2.45) is 0 Å². The molecule has 0 amide bonds. The number of hydrogen-bond donors (Lipinski definition) is 3. The van der Waals surface area contributed by atoms with Crippen LogP contribution in [0.2, 0.25) is 0 Å². The lowest BCUT2D eigenvalue weighted by atomic mass is 10.1. The van der Waals surface area contributed by atoms with E-state index in [-0.39, 0.29) is 11.5 Å². The molecular formula is C19H16N4O3S. The molecular weight excluding hydrogens is 364 g/mol. The second-order valence-electron chi connectivity index (χ2n) is 5.78. The summed E-state index contributed by atoms with van der Waals surface area (Å²) in [7, 11) is 0. The van der Waals surface area contributed by atoms with Gasteiger partial charge in [0.2, 0.25) is 11.0 Å². The lowest BCUT2D eigenvalue weighted by Gasteiger charge is -2.19. The van der Waals surface area contributed by atoms with Gasteiger partial charge in [0, 0.05) is 22.6 Å². The van der Waals surface area contributed by atoms with Gasteiger partial charge in [-0.25, -0.2) is 0 Å². The number of thioether (sulfide) groups is 1. The van der Waals surface area contributed by atoms with Gasteiger partial charge in [-0.2, -0.15) is 4.98 Å². The van der Waals surface area contributed by atoms with Gasteiger partial charge in [0.05, 0.1) is 0 Å². The molecule has 1 atom stereocenters. The summed E-state index contributed by atoms with van der Waals surface area (Å²) >= 11 is 1.41. The number of nitrogens with zero attached hydrogens (tertiary/aromatic N) is 3. The first kappa shape index (κ1) is 17.2. The molecule has 2 heterocycles. The highest BCUT2D eigenvalue weighted by Crippen LogP contribution is 2.40. The Morgan fingerprint density at radius 3 is 2.81 bits per heavy atom. The second-order valence-corrected chi connectivity index (χ2v) is 6.77. The quantitative estimate of drug-likeness (QED) is 0.358. The van der Waals surface area contributed by atoms with Crippen molar-refractivity contribution in [3.8, 4) is 28.6 Å². The SMILES string of the molecule is C=CCSc1nnc2c(n1)O[C@H](c1ccc(O)c(O)c1)Nc1ccccc1-2. The number of anilines is 1. The van der Waals surface area contributed by atoms with Gasteiger partial charge in [0.15, 0.2) is 23.4 Å². The maximum atomic E-state index is 9.85. The molecule has 3 aromatic rings. The maximum Gasteiger partial charge on any atom is 0.247 e. The average Bonchev–Trinajstić information content (AvgIpc) is 2.85. The van der Waals surface area contributed by atoms with Gasteiger partial charge in [-0.1, -0.05) is 36.0 Å². The molecule has 0 unspecified atom stereocenters. The molecule has 8 heteroatoms. The average molecular weight is 380 g/mol. The summed E-state index contributed by atoms with van der Waals surface area (Å²) in [6, 6.07) is 12.1. The molecule has 1 aliphatic heterocycles. The number of phenols is 2. The number of para-hydroxylation sites is 1. The molecule has 2 aromatic carbocycles. The summed E-state index contributed by atoms with van der Waals surface area (Å²) in [5, 5.41) is 31.7. The Hall–Kier alpha value is -3.26. The Morgan fingerprint density at radius 2 is 2.00 bits per heavy atom. The van der Waals surface area contributed by atoms with E-state index in [9.17, 15) is 10.2 Å². The maximum absolute atomic E-state index is 9.85. The highest BCUT2D eigenvalue weighted by atomic mass is 32.2. The number of aromatic hydroxyl groups is 2.